The molecule has 164 valence electrons. The second-order valence-electron chi connectivity index (χ2n) is 8.18. The summed E-state index contributed by atoms with van der Waals surface area (Å²) in [6.07, 6.45) is 6.55. The van der Waals surface area contributed by atoms with Gasteiger partial charge < -0.3 is 9.47 Å². The van der Waals surface area contributed by atoms with Gasteiger partial charge in [0.15, 0.2) is 11.5 Å². The standard InChI is InChI=1S/C24H20Br2N2O4/c1-31-19-9-14(8-18(26)22(19)32-12-13-2-6-17(25)7-3-13)11-27-28-23(29)20-15-4-5-16(10-15)21(20)24(28)30/h2-9,11,15-16,20-21H,10,12H2,1H3/b27-11-/t15-,16-,20+,21+/m0/s1. The van der Waals surface area contributed by atoms with Gasteiger partial charge in [-0.25, -0.2) is 0 Å². The summed E-state index contributed by atoms with van der Waals surface area (Å²) in [5.74, 6) is 0.503. The van der Waals surface area contributed by atoms with E-state index in [2.05, 4.69) is 49.1 Å². The highest BCUT2D eigenvalue weighted by Gasteiger charge is 2.59. The van der Waals surface area contributed by atoms with Gasteiger partial charge in [0.05, 0.1) is 29.6 Å². The molecule has 4 atom stereocenters. The van der Waals surface area contributed by atoms with Crippen LogP contribution in [0.2, 0.25) is 0 Å². The third kappa shape index (κ3) is 3.69. The van der Waals surface area contributed by atoms with Crippen molar-refractivity contribution < 1.29 is 19.1 Å². The minimum absolute atomic E-state index is 0.165. The number of halogens is 2. The molecular weight excluding hydrogens is 540 g/mol. The van der Waals surface area contributed by atoms with Gasteiger partial charge in [0.25, 0.3) is 11.8 Å². The molecule has 2 amide bonds. The van der Waals surface area contributed by atoms with Gasteiger partial charge >= 0.3 is 0 Å². The van der Waals surface area contributed by atoms with Crippen LogP contribution in [0.5, 0.6) is 11.5 Å². The molecule has 1 saturated carbocycles. The summed E-state index contributed by atoms with van der Waals surface area (Å²) in [7, 11) is 1.56. The fraction of sp³-hybridized carbons (Fsp3) is 0.292. The minimum Gasteiger partial charge on any atom is -0.493 e. The van der Waals surface area contributed by atoms with Crippen molar-refractivity contribution in [3.8, 4) is 11.5 Å². The van der Waals surface area contributed by atoms with Gasteiger partial charge in [-0.2, -0.15) is 10.1 Å². The molecule has 5 rings (SSSR count). The Balaban J connectivity index is 1.33. The number of hydrazone groups is 1. The average Bonchev–Trinajstić information content (AvgIpc) is 3.46. The van der Waals surface area contributed by atoms with Crippen molar-refractivity contribution in [2.45, 2.75) is 13.0 Å². The van der Waals surface area contributed by atoms with Crippen LogP contribution in [-0.4, -0.2) is 30.1 Å². The van der Waals surface area contributed by atoms with E-state index in [1.807, 2.05) is 30.3 Å². The van der Waals surface area contributed by atoms with Crippen LogP contribution < -0.4 is 9.47 Å². The van der Waals surface area contributed by atoms with Gasteiger partial charge in [0.1, 0.15) is 6.61 Å². The van der Waals surface area contributed by atoms with Crippen molar-refractivity contribution in [3.05, 3.63) is 68.6 Å². The normalized spacial score (nSPS) is 25.8. The highest BCUT2D eigenvalue weighted by atomic mass is 79.9. The predicted molar refractivity (Wildman–Crippen MR) is 126 cm³/mol. The summed E-state index contributed by atoms with van der Waals surface area (Å²) < 4.78 is 13.2. The second-order valence-corrected chi connectivity index (χ2v) is 9.95. The third-order valence-electron chi connectivity index (χ3n) is 6.32. The molecule has 0 spiro atoms. The number of benzene rings is 2. The number of ether oxygens (including phenoxy) is 2. The third-order valence-corrected chi connectivity index (χ3v) is 7.44. The zero-order valence-corrected chi connectivity index (χ0v) is 20.4. The van der Waals surface area contributed by atoms with Crippen molar-refractivity contribution in [2.75, 3.05) is 7.11 Å². The molecule has 2 aliphatic carbocycles. The molecule has 8 heteroatoms. The average molecular weight is 560 g/mol. The van der Waals surface area contributed by atoms with Crippen LogP contribution in [0.3, 0.4) is 0 Å². The molecule has 6 nitrogen and oxygen atoms in total. The predicted octanol–water partition coefficient (Wildman–Crippen LogP) is 4.94. The van der Waals surface area contributed by atoms with Crippen LogP contribution in [0.15, 0.2) is 62.6 Å². The molecule has 3 aliphatic rings. The SMILES string of the molecule is COc1cc(/C=N\N2C(=O)[C@H]3[C@H](C2=O)[C@H]2C=C[C@H]3C2)cc(Br)c1OCc1ccc(Br)cc1. The lowest BCUT2D eigenvalue weighted by atomic mass is 9.85. The van der Waals surface area contributed by atoms with Crippen molar-refractivity contribution in [1.29, 1.82) is 0 Å². The Morgan fingerprint density at radius 3 is 2.34 bits per heavy atom. The number of nitrogens with zero attached hydrogens (tertiary/aromatic N) is 2. The lowest BCUT2D eigenvalue weighted by Crippen LogP contribution is -2.28. The number of hydrogen-bond donors (Lipinski definition) is 0. The Bertz CT molecular complexity index is 1120. The molecule has 0 N–H and O–H groups in total. The molecular formula is C24H20Br2N2O4. The summed E-state index contributed by atoms with van der Waals surface area (Å²) in [6.45, 7) is 0.381. The van der Waals surface area contributed by atoms with Gasteiger partial charge in [-0.1, -0.05) is 40.2 Å². The Morgan fingerprint density at radius 2 is 1.72 bits per heavy atom. The number of carbonyl (C=O) groups excluding carboxylic acids is 2. The molecule has 32 heavy (non-hydrogen) atoms. The lowest BCUT2D eigenvalue weighted by molar-refractivity contribution is -0.140. The van der Waals surface area contributed by atoms with Gasteiger partial charge in [-0.3, -0.25) is 9.59 Å². The van der Waals surface area contributed by atoms with Crippen LogP contribution in [0.4, 0.5) is 0 Å². The maximum Gasteiger partial charge on any atom is 0.254 e. The first-order valence-electron chi connectivity index (χ1n) is 10.3. The van der Waals surface area contributed by atoms with E-state index < -0.39 is 0 Å². The summed E-state index contributed by atoms with van der Waals surface area (Å²) in [5, 5.41) is 5.28. The van der Waals surface area contributed by atoms with Gasteiger partial charge in [0, 0.05) is 4.47 Å². The van der Waals surface area contributed by atoms with E-state index in [4.69, 9.17) is 9.47 Å². The maximum atomic E-state index is 12.8. The topological polar surface area (TPSA) is 68.2 Å². The van der Waals surface area contributed by atoms with E-state index in [1.165, 1.54) is 6.21 Å². The zero-order valence-electron chi connectivity index (χ0n) is 17.2. The molecule has 1 aliphatic heterocycles. The molecule has 2 aromatic carbocycles. The smallest absolute Gasteiger partial charge is 0.254 e. The van der Waals surface area contributed by atoms with Crippen molar-refractivity contribution in [1.82, 2.24) is 5.01 Å². The second kappa shape index (κ2) is 8.48. The van der Waals surface area contributed by atoms with Crippen molar-refractivity contribution in [2.24, 2.45) is 28.8 Å². The highest BCUT2D eigenvalue weighted by molar-refractivity contribution is 9.10. The fourth-order valence-electron chi connectivity index (χ4n) is 4.82. The quantitative estimate of drug-likeness (QED) is 0.285. The zero-order chi connectivity index (χ0) is 22.4. The lowest BCUT2D eigenvalue weighted by Gasteiger charge is -2.14. The van der Waals surface area contributed by atoms with Crippen molar-refractivity contribution >= 4 is 49.9 Å². The number of fused-ring (bicyclic) bond motifs is 5. The Hall–Kier alpha value is -2.45. The molecule has 1 saturated heterocycles. The maximum absolute atomic E-state index is 12.8. The molecule has 0 unspecified atom stereocenters. The van der Waals surface area contributed by atoms with Crippen LogP contribution in [0.25, 0.3) is 0 Å². The first-order chi connectivity index (χ1) is 15.5. The number of allylic oxidation sites excluding steroid dienone is 2. The molecule has 2 bridgehead atoms. The summed E-state index contributed by atoms with van der Waals surface area (Å²) >= 11 is 6.96. The number of rotatable bonds is 6. The summed E-state index contributed by atoms with van der Waals surface area (Å²) in [5.41, 5.74) is 1.70. The largest absolute Gasteiger partial charge is 0.493 e. The minimum atomic E-state index is -0.259. The fourth-order valence-corrected chi connectivity index (χ4v) is 5.65. The Morgan fingerprint density at radius 1 is 1.06 bits per heavy atom. The number of methoxy groups -OCH3 is 1. The number of carbonyl (C=O) groups is 2. The monoisotopic (exact) mass is 558 g/mol. The number of amides is 2. The number of hydrogen-bond acceptors (Lipinski definition) is 5. The van der Waals surface area contributed by atoms with Gasteiger partial charge in [0.2, 0.25) is 0 Å². The van der Waals surface area contributed by atoms with E-state index in [9.17, 15) is 9.59 Å². The van der Waals surface area contributed by atoms with Crippen LogP contribution in [-0.2, 0) is 16.2 Å². The van der Waals surface area contributed by atoms with E-state index >= 15 is 0 Å². The molecule has 1 heterocycles. The van der Waals surface area contributed by atoms with E-state index in [0.717, 1.165) is 21.5 Å². The Kier molecular flexibility index (Phi) is 5.67. The molecule has 0 radical (unpaired) electrons. The number of imide groups is 1. The van der Waals surface area contributed by atoms with E-state index in [1.54, 1.807) is 13.2 Å². The van der Waals surface area contributed by atoms with Crippen molar-refractivity contribution in [3.63, 3.8) is 0 Å². The summed E-state index contributed by atoms with van der Waals surface area (Å²) in [4.78, 5) is 25.6. The van der Waals surface area contributed by atoms with E-state index in [0.29, 0.717) is 28.1 Å². The van der Waals surface area contributed by atoms with Crippen LogP contribution in [0, 0.1) is 23.7 Å². The first kappa shape index (κ1) is 21.4. The summed E-state index contributed by atoms with van der Waals surface area (Å²) in [6, 6.07) is 11.5. The Labute approximate surface area is 202 Å². The van der Waals surface area contributed by atoms with Gasteiger partial charge in [-0.15, -0.1) is 0 Å². The molecule has 2 fully saturated rings. The van der Waals surface area contributed by atoms with E-state index in [-0.39, 0.29) is 35.5 Å². The highest BCUT2D eigenvalue weighted by Crippen LogP contribution is 2.52. The molecule has 0 aromatic heterocycles. The molecule has 2 aromatic rings. The van der Waals surface area contributed by atoms with Gasteiger partial charge in [-0.05, 0) is 69.6 Å². The van der Waals surface area contributed by atoms with Crippen LogP contribution >= 0.6 is 31.9 Å². The van der Waals surface area contributed by atoms with Crippen LogP contribution in [0.1, 0.15) is 17.5 Å². The first-order valence-corrected chi connectivity index (χ1v) is 11.9.